The van der Waals surface area contributed by atoms with Crippen molar-refractivity contribution in [3.8, 4) is 0 Å². The van der Waals surface area contributed by atoms with Gasteiger partial charge in [0, 0.05) is 69.4 Å². The predicted octanol–water partition coefficient (Wildman–Crippen LogP) is 10.6. The molecule has 64 heavy (non-hydrogen) atoms. The molecule has 1 saturated heterocycles. The highest BCUT2D eigenvalue weighted by molar-refractivity contribution is 5.80. The summed E-state index contributed by atoms with van der Waals surface area (Å²) >= 11 is 0. The van der Waals surface area contributed by atoms with E-state index in [1.807, 2.05) is 39.0 Å². The molecule has 8 bridgehead atoms. The molecule has 342 valence electrons. The Morgan fingerprint density at radius 1 is 0.672 bits per heavy atom. The third kappa shape index (κ3) is 12.6. The summed E-state index contributed by atoms with van der Waals surface area (Å²) < 4.78 is 0. The minimum atomic E-state index is -0.986. The van der Waals surface area contributed by atoms with E-state index in [0.717, 1.165) is 95.4 Å². The summed E-state index contributed by atoms with van der Waals surface area (Å²) in [5, 5.41) is 36.0. The summed E-state index contributed by atoms with van der Waals surface area (Å²) in [5.41, 5.74) is 15.7. The van der Waals surface area contributed by atoms with Gasteiger partial charge in [0.2, 0.25) is 0 Å². The van der Waals surface area contributed by atoms with Crippen LogP contribution in [0.15, 0.2) is 69.6 Å². The Morgan fingerprint density at radius 3 is 1.80 bits per heavy atom. The second kappa shape index (κ2) is 22.7. The first kappa shape index (κ1) is 49.2. The summed E-state index contributed by atoms with van der Waals surface area (Å²) in [5.74, 6) is -1.89. The zero-order valence-electron chi connectivity index (χ0n) is 39.5. The molecule has 5 rings (SSSR count). The Hall–Kier alpha value is -5.87. The second-order valence-electron chi connectivity index (χ2n) is 18.0. The number of aromatic amines is 3. The van der Waals surface area contributed by atoms with Crippen LogP contribution in [-0.2, 0) is 22.4 Å². The molecule has 2 atom stereocenters. The van der Waals surface area contributed by atoms with Crippen molar-refractivity contribution in [1.82, 2.24) is 20.3 Å². The number of aldehydes is 1. The molecule has 3 aromatic rings. The Kier molecular flexibility index (Phi) is 17.4. The number of aliphatic hydroxyl groups is 1. The number of nitrogens with one attached hydrogen (secondary N) is 4. The van der Waals surface area contributed by atoms with Crippen LogP contribution in [0.2, 0.25) is 0 Å². The van der Waals surface area contributed by atoms with Gasteiger partial charge in [-0.3, -0.25) is 14.4 Å². The zero-order chi connectivity index (χ0) is 46.7. The summed E-state index contributed by atoms with van der Waals surface area (Å²) in [4.78, 5) is 47.0. The van der Waals surface area contributed by atoms with Crippen molar-refractivity contribution in [2.24, 2.45) is 5.92 Å². The fraction of sp³-hybridized carbons (Fsp3) is 0.426. The second-order valence-corrected chi connectivity index (χ2v) is 18.0. The number of hydrogen-bond donors (Lipinski definition) is 7. The summed E-state index contributed by atoms with van der Waals surface area (Å²) in [6.45, 7) is 19.0. The van der Waals surface area contributed by atoms with Gasteiger partial charge in [0.25, 0.3) is 0 Å². The molecule has 0 saturated carbocycles. The maximum Gasteiger partial charge on any atom is 0.303 e. The fourth-order valence-electron chi connectivity index (χ4n) is 8.94. The van der Waals surface area contributed by atoms with Gasteiger partial charge in [-0.15, -0.1) is 0 Å². The number of carbonyl (C=O) groups is 3. The predicted molar refractivity (Wildman–Crippen MR) is 260 cm³/mol. The van der Waals surface area contributed by atoms with Crippen LogP contribution in [0.25, 0.3) is 24.3 Å². The molecular formula is C54H70N4O6. The molecule has 0 aliphatic carbocycles. The number of rotatable bonds is 20. The monoisotopic (exact) mass is 871 g/mol. The molecule has 1 unspecified atom stereocenters. The zero-order valence-corrected chi connectivity index (χ0v) is 39.5. The van der Waals surface area contributed by atoms with Crippen molar-refractivity contribution in [3.05, 3.63) is 136 Å². The number of hydrogen-bond acceptors (Lipinski definition) is 5. The number of carbonyl (C=O) groups excluding carboxylic acids is 1. The third-order valence-electron chi connectivity index (χ3n) is 12.7. The number of allylic oxidation sites excluding steroid dienone is 11. The average molecular weight is 871 g/mol. The highest BCUT2D eigenvalue weighted by Gasteiger charge is 2.28. The van der Waals surface area contributed by atoms with E-state index in [1.54, 1.807) is 0 Å². The van der Waals surface area contributed by atoms with E-state index in [2.05, 4.69) is 98.3 Å². The highest BCUT2D eigenvalue weighted by Crippen LogP contribution is 2.37. The molecule has 0 aromatic carbocycles. The normalized spacial score (nSPS) is 19.1. The van der Waals surface area contributed by atoms with Crippen molar-refractivity contribution in [3.63, 3.8) is 0 Å². The van der Waals surface area contributed by atoms with Crippen LogP contribution < -0.4 is 16.0 Å². The molecule has 0 radical (unpaired) electrons. The van der Waals surface area contributed by atoms with Crippen LogP contribution >= 0.6 is 0 Å². The maximum absolute atomic E-state index is 12.9. The molecule has 5 heterocycles. The topological polar surface area (TPSA) is 171 Å². The van der Waals surface area contributed by atoms with E-state index in [0.29, 0.717) is 46.1 Å². The minimum Gasteiger partial charge on any atom is -0.481 e. The number of aromatic nitrogens is 3. The summed E-state index contributed by atoms with van der Waals surface area (Å²) in [6.07, 6.45) is 26.8. The summed E-state index contributed by atoms with van der Waals surface area (Å²) in [7, 11) is 0. The van der Waals surface area contributed by atoms with E-state index < -0.39 is 18.0 Å². The number of aliphatic carboxylic acids is 2. The van der Waals surface area contributed by atoms with E-state index in [9.17, 15) is 29.7 Å². The Morgan fingerprint density at radius 2 is 1.22 bits per heavy atom. The lowest BCUT2D eigenvalue weighted by atomic mass is 9.96. The SMILES string of the molecule is C/C=C1/C2=C/c3[nH]c(c(CCC(=O)O)c3C)/C=c3\[nH]/c(c(C=O)c3CCC(=O)O)=C\c3[nH]c(c([C@@H](O)CC/C=C(\C)CC/C=C(\C)CC/C=C(\C)CCC=C(C)C)c3C)/C=C(\N2)C1C. The molecule has 0 spiro atoms. The van der Waals surface area contributed by atoms with Crippen molar-refractivity contribution in [2.45, 2.75) is 145 Å². The Bertz CT molecular complexity index is 2570. The first-order chi connectivity index (χ1) is 30.5. The molecule has 3 aromatic heterocycles. The number of fused-ring (bicyclic) bond motifs is 8. The van der Waals surface area contributed by atoms with Crippen LogP contribution in [0.3, 0.4) is 0 Å². The number of aliphatic hydroxyl groups excluding tert-OH is 1. The van der Waals surface area contributed by atoms with E-state index in [4.69, 9.17) is 0 Å². The minimum absolute atomic E-state index is 0.00573. The van der Waals surface area contributed by atoms with E-state index in [1.165, 1.54) is 22.3 Å². The lowest BCUT2D eigenvalue weighted by Gasteiger charge is -2.13. The quantitative estimate of drug-likeness (QED) is 0.0437. The van der Waals surface area contributed by atoms with Gasteiger partial charge >= 0.3 is 11.9 Å². The molecule has 10 heteroatoms. The van der Waals surface area contributed by atoms with Crippen LogP contribution in [0.5, 0.6) is 0 Å². The Balaban J connectivity index is 1.49. The largest absolute Gasteiger partial charge is 0.481 e. The molecule has 2 aliphatic heterocycles. The number of carboxylic acid groups (broad SMARTS) is 2. The van der Waals surface area contributed by atoms with E-state index >= 15 is 0 Å². The van der Waals surface area contributed by atoms with Crippen LogP contribution in [0.4, 0.5) is 0 Å². The van der Waals surface area contributed by atoms with Gasteiger partial charge in [0.1, 0.15) is 0 Å². The van der Waals surface area contributed by atoms with Gasteiger partial charge < -0.3 is 35.6 Å². The molecule has 10 nitrogen and oxygen atoms in total. The first-order valence-electron chi connectivity index (χ1n) is 22.9. The number of carboxylic acids is 2. The lowest BCUT2D eigenvalue weighted by molar-refractivity contribution is -0.138. The molecule has 2 aliphatic rings. The van der Waals surface area contributed by atoms with Gasteiger partial charge in [-0.2, -0.15) is 0 Å². The lowest BCUT2D eigenvalue weighted by Crippen LogP contribution is -2.14. The van der Waals surface area contributed by atoms with Crippen LogP contribution in [0, 0.1) is 19.8 Å². The van der Waals surface area contributed by atoms with Crippen LogP contribution in [0.1, 0.15) is 180 Å². The van der Waals surface area contributed by atoms with Gasteiger partial charge in [-0.05, 0) is 172 Å². The van der Waals surface area contributed by atoms with Crippen molar-refractivity contribution in [1.29, 1.82) is 0 Å². The van der Waals surface area contributed by atoms with Gasteiger partial charge in [0.05, 0.1) is 11.5 Å². The molecule has 1 fully saturated rings. The molecular weight excluding hydrogens is 801 g/mol. The van der Waals surface area contributed by atoms with Crippen molar-refractivity contribution >= 4 is 42.5 Å². The average Bonchev–Trinajstić information content (AvgIpc) is 3.91. The molecule has 7 N–H and O–H groups in total. The van der Waals surface area contributed by atoms with Crippen molar-refractivity contribution < 1.29 is 29.7 Å². The molecule has 0 amide bonds. The fourth-order valence-corrected chi connectivity index (χ4v) is 8.94. The van der Waals surface area contributed by atoms with Gasteiger partial charge in [0.15, 0.2) is 6.29 Å². The smallest absolute Gasteiger partial charge is 0.303 e. The highest BCUT2D eigenvalue weighted by atomic mass is 16.4. The van der Waals surface area contributed by atoms with Crippen LogP contribution in [-0.4, -0.2) is 48.5 Å². The van der Waals surface area contributed by atoms with E-state index in [-0.39, 0.29) is 31.6 Å². The van der Waals surface area contributed by atoms with Crippen molar-refractivity contribution in [2.75, 3.05) is 0 Å². The Labute approximate surface area is 379 Å². The number of H-pyrrole nitrogens is 3. The maximum atomic E-state index is 12.9. The third-order valence-corrected chi connectivity index (χ3v) is 12.7. The summed E-state index contributed by atoms with van der Waals surface area (Å²) in [6, 6.07) is 0. The standard InChI is InChI=1S/C54H70N4O6/c1-10-39-36(7)44-29-50-54(51(60)22-14-21-35(6)20-13-19-34(5)18-12-17-33(4)16-11-15-32(2)3)38(9)45(57-50)28-49-42(31-59)41(24-26-53(63)64)48(58-49)30-47-40(23-25-52(61)62)37(8)43(56-47)27-46(39)55-44/h10,15,17,19,21,27-31,36,51,55-58,60H,11-14,16,18,20,22-26H2,1-9H3,(H,61,62)(H,63,64)/b33-17+,34-19+,35-21+,39-10+,44-29-,46-27-,48-30-,49-28-/t36?,51-/m0/s1. The van der Waals surface area contributed by atoms with Gasteiger partial charge in [-0.25, -0.2) is 0 Å². The first-order valence-corrected chi connectivity index (χ1v) is 22.9. The van der Waals surface area contributed by atoms with Gasteiger partial charge in [-0.1, -0.05) is 59.6 Å².